The molecule has 0 aromatic carbocycles. The molecule has 1 heterocycles. The van der Waals surface area contributed by atoms with Crippen molar-refractivity contribution in [3.63, 3.8) is 0 Å². The lowest BCUT2D eigenvalue weighted by Gasteiger charge is -2.32. The maximum absolute atomic E-state index is 5.24. The Hall–Kier alpha value is -0.270. The zero-order valence-corrected chi connectivity index (χ0v) is 8.75. The van der Waals surface area contributed by atoms with Gasteiger partial charge in [-0.1, -0.05) is 5.17 Å². The maximum atomic E-state index is 5.24. The molecular formula is C7H15N3O2S. The van der Waals surface area contributed by atoms with Crippen molar-refractivity contribution in [3.8, 4) is 0 Å². The van der Waals surface area contributed by atoms with Crippen molar-refractivity contribution in [3.05, 3.63) is 11.1 Å². The fraction of sp³-hybridized carbons (Fsp3) is 0.714. The van der Waals surface area contributed by atoms with E-state index < -0.39 is 0 Å². The summed E-state index contributed by atoms with van der Waals surface area (Å²) in [4.78, 5) is 11.3. The molecular weight excluding hydrogens is 190 g/mol. The SMILES string of the molecule is CCON1C=C(S)CN(OCC)N1. The third-order valence-corrected chi connectivity index (χ3v) is 1.59. The first-order valence-corrected chi connectivity index (χ1v) is 4.69. The van der Waals surface area contributed by atoms with Gasteiger partial charge in [0.15, 0.2) is 0 Å². The molecule has 5 nitrogen and oxygen atoms in total. The average molecular weight is 205 g/mol. The van der Waals surface area contributed by atoms with E-state index in [1.165, 1.54) is 5.17 Å². The van der Waals surface area contributed by atoms with Crippen LogP contribution in [0, 0.1) is 0 Å². The summed E-state index contributed by atoms with van der Waals surface area (Å²) in [7, 11) is 0. The van der Waals surface area contributed by atoms with Gasteiger partial charge in [-0.3, -0.25) is 9.68 Å². The molecule has 1 rings (SSSR count). The molecule has 0 unspecified atom stereocenters. The average Bonchev–Trinajstić information content (AvgIpc) is 2.04. The molecule has 0 bridgehead atoms. The zero-order valence-electron chi connectivity index (χ0n) is 7.86. The van der Waals surface area contributed by atoms with E-state index in [-0.39, 0.29) is 0 Å². The molecule has 0 aromatic heterocycles. The van der Waals surface area contributed by atoms with Crippen molar-refractivity contribution in [1.82, 2.24) is 15.9 Å². The first-order valence-electron chi connectivity index (χ1n) is 4.24. The third-order valence-electron chi connectivity index (χ3n) is 1.34. The van der Waals surface area contributed by atoms with Crippen LogP contribution in [0.4, 0.5) is 0 Å². The third kappa shape index (κ3) is 3.53. The van der Waals surface area contributed by atoms with Crippen LogP contribution in [0.5, 0.6) is 0 Å². The fourth-order valence-electron chi connectivity index (χ4n) is 0.933. The summed E-state index contributed by atoms with van der Waals surface area (Å²) in [6.45, 7) is 5.63. The van der Waals surface area contributed by atoms with Crippen LogP contribution in [-0.2, 0) is 9.68 Å². The minimum Gasteiger partial charge on any atom is -0.282 e. The van der Waals surface area contributed by atoms with Crippen LogP contribution < -0.4 is 5.53 Å². The number of hydroxylamine groups is 2. The van der Waals surface area contributed by atoms with Crippen molar-refractivity contribution in [2.24, 2.45) is 0 Å². The number of hydrogen-bond donors (Lipinski definition) is 2. The lowest BCUT2D eigenvalue weighted by molar-refractivity contribution is -0.296. The van der Waals surface area contributed by atoms with E-state index in [0.717, 1.165) is 4.91 Å². The molecule has 0 saturated carbocycles. The van der Waals surface area contributed by atoms with Crippen LogP contribution in [0.15, 0.2) is 11.1 Å². The summed E-state index contributed by atoms with van der Waals surface area (Å²) < 4.78 is 0. The standard InChI is InChI=1S/C7H15N3O2S/c1-3-11-9-5-7(13)6-10(8-9)12-4-2/h5,8,13H,3-4,6H2,1-2H3. The Balaban J connectivity index is 2.45. The van der Waals surface area contributed by atoms with Gasteiger partial charge in [0.05, 0.1) is 26.0 Å². The van der Waals surface area contributed by atoms with Crippen LogP contribution in [0.3, 0.4) is 0 Å². The molecule has 0 fully saturated rings. The Labute approximate surface area is 83.5 Å². The Morgan fingerprint density at radius 3 is 2.77 bits per heavy atom. The highest BCUT2D eigenvalue weighted by molar-refractivity contribution is 7.84. The van der Waals surface area contributed by atoms with E-state index in [1.54, 1.807) is 11.4 Å². The summed E-state index contributed by atoms with van der Waals surface area (Å²) in [5, 5.41) is 3.04. The van der Waals surface area contributed by atoms with Crippen LogP contribution in [0.2, 0.25) is 0 Å². The number of rotatable bonds is 4. The van der Waals surface area contributed by atoms with E-state index >= 15 is 0 Å². The van der Waals surface area contributed by atoms with Gasteiger partial charge in [-0.25, -0.2) is 0 Å². The largest absolute Gasteiger partial charge is 0.282 e. The van der Waals surface area contributed by atoms with Crippen LogP contribution in [0.1, 0.15) is 13.8 Å². The van der Waals surface area contributed by atoms with Gasteiger partial charge in [-0.15, -0.1) is 18.2 Å². The van der Waals surface area contributed by atoms with Gasteiger partial charge in [0.1, 0.15) is 0 Å². The fourth-order valence-corrected chi connectivity index (χ4v) is 1.17. The molecule has 0 atom stereocenters. The minimum absolute atomic E-state index is 0.588. The number of thiol groups is 1. The molecule has 0 spiro atoms. The molecule has 0 radical (unpaired) electrons. The predicted octanol–water partition coefficient (Wildman–Crippen LogP) is 0.698. The van der Waals surface area contributed by atoms with Gasteiger partial charge in [-0.05, 0) is 13.8 Å². The van der Waals surface area contributed by atoms with Gasteiger partial charge in [0.25, 0.3) is 0 Å². The molecule has 0 amide bonds. The quantitative estimate of drug-likeness (QED) is 0.661. The molecule has 13 heavy (non-hydrogen) atoms. The van der Waals surface area contributed by atoms with E-state index in [9.17, 15) is 0 Å². The second-order valence-corrected chi connectivity index (χ2v) is 2.99. The van der Waals surface area contributed by atoms with Crippen molar-refractivity contribution < 1.29 is 9.68 Å². The Morgan fingerprint density at radius 1 is 1.46 bits per heavy atom. The lowest BCUT2D eigenvalue weighted by atomic mass is 10.6. The summed E-state index contributed by atoms with van der Waals surface area (Å²) in [5.74, 6) is 0. The number of nitrogens with zero attached hydrogens (tertiary/aromatic N) is 2. The van der Waals surface area contributed by atoms with E-state index in [1.807, 2.05) is 13.8 Å². The van der Waals surface area contributed by atoms with E-state index in [4.69, 9.17) is 9.68 Å². The molecule has 1 aliphatic heterocycles. The smallest absolute Gasteiger partial charge is 0.0743 e. The summed E-state index contributed by atoms with van der Waals surface area (Å²) in [5.41, 5.74) is 2.88. The minimum atomic E-state index is 0.588. The monoisotopic (exact) mass is 205 g/mol. The number of nitrogens with one attached hydrogen (secondary N) is 1. The molecule has 76 valence electrons. The van der Waals surface area contributed by atoms with E-state index in [2.05, 4.69) is 18.2 Å². The highest BCUT2D eigenvalue weighted by Gasteiger charge is 2.15. The molecule has 1 N–H and O–H groups in total. The van der Waals surface area contributed by atoms with Gasteiger partial charge in [-0.2, -0.15) is 5.17 Å². The van der Waals surface area contributed by atoms with Gasteiger partial charge in [0, 0.05) is 4.91 Å². The second-order valence-electron chi connectivity index (χ2n) is 2.42. The summed E-state index contributed by atoms with van der Waals surface area (Å²) in [6, 6.07) is 0. The summed E-state index contributed by atoms with van der Waals surface area (Å²) in [6.07, 6.45) is 1.77. The van der Waals surface area contributed by atoms with Crippen LogP contribution in [0.25, 0.3) is 0 Å². The first kappa shape index (κ1) is 10.8. The lowest BCUT2D eigenvalue weighted by Crippen LogP contribution is -2.50. The molecule has 1 aliphatic rings. The van der Waals surface area contributed by atoms with E-state index in [0.29, 0.717) is 19.8 Å². The van der Waals surface area contributed by atoms with Gasteiger partial charge < -0.3 is 0 Å². The second kappa shape index (κ2) is 5.46. The van der Waals surface area contributed by atoms with Crippen molar-refractivity contribution in [1.29, 1.82) is 0 Å². The number of hydrazine groups is 2. The van der Waals surface area contributed by atoms with Crippen molar-refractivity contribution >= 4 is 12.6 Å². The molecule has 0 saturated heterocycles. The van der Waals surface area contributed by atoms with Crippen molar-refractivity contribution in [2.75, 3.05) is 19.8 Å². The van der Waals surface area contributed by atoms with Gasteiger partial charge in [0.2, 0.25) is 0 Å². The van der Waals surface area contributed by atoms with Crippen molar-refractivity contribution in [2.45, 2.75) is 13.8 Å². The topological polar surface area (TPSA) is 37.0 Å². The highest BCUT2D eigenvalue weighted by atomic mass is 32.1. The van der Waals surface area contributed by atoms with Crippen LogP contribution >= 0.6 is 12.6 Å². The Kier molecular flexibility index (Phi) is 4.54. The first-order chi connectivity index (χ1) is 6.26. The molecule has 6 heteroatoms. The number of hydrogen-bond acceptors (Lipinski definition) is 6. The Morgan fingerprint density at radius 2 is 2.15 bits per heavy atom. The molecule has 0 aliphatic carbocycles. The molecule has 0 aromatic rings. The van der Waals surface area contributed by atoms with Gasteiger partial charge >= 0.3 is 0 Å². The zero-order chi connectivity index (χ0) is 9.68. The Bertz CT molecular complexity index is 189. The maximum Gasteiger partial charge on any atom is 0.0743 e. The van der Waals surface area contributed by atoms with Crippen LogP contribution in [-0.4, -0.2) is 30.1 Å². The summed E-state index contributed by atoms with van der Waals surface area (Å²) >= 11 is 4.24. The predicted molar refractivity (Wildman–Crippen MR) is 52.0 cm³/mol. The highest BCUT2D eigenvalue weighted by Crippen LogP contribution is 2.10. The normalized spacial score (nSPS) is 19.0.